The molecule has 3 rings (SSSR count). The van der Waals surface area contributed by atoms with Crippen molar-refractivity contribution >= 4 is 11.8 Å². The first-order valence-electron chi connectivity index (χ1n) is 8.01. The average Bonchev–Trinajstić information content (AvgIpc) is 3.22. The quantitative estimate of drug-likeness (QED) is 0.858. The molecule has 1 aliphatic rings. The van der Waals surface area contributed by atoms with E-state index < -0.39 is 5.82 Å². The molecule has 2 aromatic rings. The third kappa shape index (κ3) is 4.14. The van der Waals surface area contributed by atoms with E-state index in [2.05, 4.69) is 15.5 Å². The maximum absolute atomic E-state index is 13.5. The Morgan fingerprint density at radius 2 is 2.24 bits per heavy atom. The minimum atomic E-state index is -0.445. The molecule has 2 amide bonds. The van der Waals surface area contributed by atoms with Crippen molar-refractivity contribution in [1.29, 1.82) is 0 Å². The summed E-state index contributed by atoms with van der Waals surface area (Å²) < 4.78 is 18.9. The lowest BCUT2D eigenvalue weighted by Crippen LogP contribution is -2.37. The molecule has 0 bridgehead atoms. The number of para-hydroxylation sites is 1. The first-order valence-corrected chi connectivity index (χ1v) is 8.01. The molecule has 2 heterocycles. The Balaban J connectivity index is 1.57. The van der Waals surface area contributed by atoms with E-state index in [0.717, 1.165) is 6.42 Å². The van der Waals surface area contributed by atoms with Crippen LogP contribution >= 0.6 is 0 Å². The number of aromatic nitrogens is 2. The summed E-state index contributed by atoms with van der Waals surface area (Å²) in [5.41, 5.74) is 0.847. The van der Waals surface area contributed by atoms with Crippen LogP contribution in [0.25, 0.3) is 0 Å². The number of halogens is 1. The van der Waals surface area contributed by atoms with Crippen molar-refractivity contribution in [3.63, 3.8) is 0 Å². The molecule has 25 heavy (non-hydrogen) atoms. The van der Waals surface area contributed by atoms with Crippen molar-refractivity contribution in [3.05, 3.63) is 47.5 Å². The summed E-state index contributed by atoms with van der Waals surface area (Å²) in [7, 11) is 0. The van der Waals surface area contributed by atoms with Crippen molar-refractivity contribution in [2.45, 2.75) is 26.0 Å². The first kappa shape index (κ1) is 16.9. The Hall–Kier alpha value is -2.90. The van der Waals surface area contributed by atoms with Crippen LogP contribution in [0.4, 0.5) is 4.39 Å². The molecule has 1 aliphatic heterocycles. The SMILES string of the molecule is CC(=O)N[C@@H]1CCN(C(=O)c2cc(COc3ccccc3F)[nH]n2)C1. The lowest BCUT2D eigenvalue weighted by atomic mass is 10.2. The summed E-state index contributed by atoms with van der Waals surface area (Å²) in [5, 5.41) is 9.54. The third-order valence-corrected chi connectivity index (χ3v) is 3.95. The van der Waals surface area contributed by atoms with E-state index in [-0.39, 0.29) is 35.9 Å². The van der Waals surface area contributed by atoms with Crippen molar-refractivity contribution in [2.24, 2.45) is 0 Å². The fraction of sp³-hybridized carbons (Fsp3) is 0.353. The summed E-state index contributed by atoms with van der Waals surface area (Å²) in [6, 6.07) is 7.68. The Kier molecular flexibility index (Phi) is 4.97. The highest BCUT2D eigenvalue weighted by molar-refractivity contribution is 5.92. The van der Waals surface area contributed by atoms with Crippen LogP contribution in [0.2, 0.25) is 0 Å². The van der Waals surface area contributed by atoms with Gasteiger partial charge < -0.3 is 15.0 Å². The summed E-state index contributed by atoms with van der Waals surface area (Å²) in [4.78, 5) is 25.2. The zero-order chi connectivity index (χ0) is 17.8. The van der Waals surface area contributed by atoms with E-state index in [4.69, 9.17) is 4.74 Å². The van der Waals surface area contributed by atoms with Gasteiger partial charge in [0.25, 0.3) is 5.91 Å². The highest BCUT2D eigenvalue weighted by Gasteiger charge is 2.28. The Morgan fingerprint density at radius 3 is 3.00 bits per heavy atom. The van der Waals surface area contributed by atoms with Crippen LogP contribution in [0.15, 0.2) is 30.3 Å². The van der Waals surface area contributed by atoms with Gasteiger partial charge in [-0.05, 0) is 24.6 Å². The van der Waals surface area contributed by atoms with Gasteiger partial charge in [0, 0.05) is 26.1 Å². The third-order valence-electron chi connectivity index (χ3n) is 3.95. The molecule has 0 aliphatic carbocycles. The summed E-state index contributed by atoms with van der Waals surface area (Å²) in [6.45, 7) is 2.57. The molecule has 0 radical (unpaired) electrons. The lowest BCUT2D eigenvalue weighted by Gasteiger charge is -2.15. The smallest absolute Gasteiger partial charge is 0.274 e. The fourth-order valence-electron chi connectivity index (χ4n) is 2.77. The van der Waals surface area contributed by atoms with Crippen LogP contribution in [0.3, 0.4) is 0 Å². The van der Waals surface area contributed by atoms with Crippen LogP contribution in [0, 0.1) is 5.82 Å². The molecule has 0 unspecified atom stereocenters. The van der Waals surface area contributed by atoms with Crippen molar-refractivity contribution in [3.8, 4) is 5.75 Å². The van der Waals surface area contributed by atoms with Crippen LogP contribution in [0.1, 0.15) is 29.5 Å². The molecule has 1 saturated heterocycles. The number of carbonyl (C=O) groups excluding carboxylic acids is 2. The van der Waals surface area contributed by atoms with Gasteiger partial charge in [-0.1, -0.05) is 12.1 Å². The monoisotopic (exact) mass is 346 g/mol. The number of aromatic amines is 1. The number of nitrogens with zero attached hydrogens (tertiary/aromatic N) is 2. The van der Waals surface area contributed by atoms with E-state index >= 15 is 0 Å². The molecule has 132 valence electrons. The van der Waals surface area contributed by atoms with Crippen LogP contribution in [-0.4, -0.2) is 46.0 Å². The number of amides is 2. The summed E-state index contributed by atoms with van der Waals surface area (Å²) in [5.74, 6) is -0.616. The second-order valence-corrected chi connectivity index (χ2v) is 5.93. The number of rotatable bonds is 5. The van der Waals surface area contributed by atoms with Crippen LogP contribution in [0.5, 0.6) is 5.75 Å². The van der Waals surface area contributed by atoms with Gasteiger partial charge in [-0.25, -0.2) is 4.39 Å². The second-order valence-electron chi connectivity index (χ2n) is 5.93. The van der Waals surface area contributed by atoms with E-state index in [9.17, 15) is 14.0 Å². The Morgan fingerprint density at radius 1 is 1.44 bits per heavy atom. The minimum Gasteiger partial charge on any atom is -0.484 e. The highest BCUT2D eigenvalue weighted by atomic mass is 19.1. The molecule has 1 aromatic heterocycles. The zero-order valence-corrected chi connectivity index (χ0v) is 13.8. The Bertz CT molecular complexity index is 777. The van der Waals surface area contributed by atoms with Crippen molar-refractivity contribution < 1.29 is 18.7 Å². The standard InChI is InChI=1S/C17H19FN4O3/c1-11(23)19-12-6-7-22(9-12)17(24)15-8-13(20-21-15)10-25-16-5-3-2-4-14(16)18/h2-5,8,12H,6-7,9-10H2,1H3,(H,19,23)(H,20,21)/t12-/m1/s1. The molecular weight excluding hydrogens is 327 g/mol. The normalized spacial score (nSPS) is 16.7. The van der Waals surface area contributed by atoms with Crippen molar-refractivity contribution in [2.75, 3.05) is 13.1 Å². The number of hydrogen-bond acceptors (Lipinski definition) is 4. The Labute approximate surface area is 144 Å². The molecule has 1 atom stereocenters. The lowest BCUT2D eigenvalue weighted by molar-refractivity contribution is -0.119. The maximum atomic E-state index is 13.5. The summed E-state index contributed by atoms with van der Waals surface area (Å²) >= 11 is 0. The van der Waals surface area contributed by atoms with Gasteiger partial charge in [0.1, 0.15) is 6.61 Å². The van der Waals surface area contributed by atoms with Crippen LogP contribution in [-0.2, 0) is 11.4 Å². The van der Waals surface area contributed by atoms with Gasteiger partial charge in [-0.3, -0.25) is 14.7 Å². The predicted molar refractivity (Wildman–Crippen MR) is 87.4 cm³/mol. The molecule has 8 heteroatoms. The van der Waals surface area contributed by atoms with E-state index in [1.807, 2.05) is 0 Å². The zero-order valence-electron chi connectivity index (χ0n) is 13.8. The van der Waals surface area contributed by atoms with Gasteiger partial charge >= 0.3 is 0 Å². The van der Waals surface area contributed by atoms with E-state index in [1.165, 1.54) is 19.1 Å². The average molecular weight is 346 g/mol. The first-order chi connectivity index (χ1) is 12.0. The second kappa shape index (κ2) is 7.33. The van der Waals surface area contributed by atoms with Gasteiger partial charge in [0.2, 0.25) is 5.91 Å². The molecule has 7 nitrogen and oxygen atoms in total. The van der Waals surface area contributed by atoms with Gasteiger partial charge in [0.15, 0.2) is 17.3 Å². The number of hydrogen-bond donors (Lipinski definition) is 2. The summed E-state index contributed by atoms with van der Waals surface area (Å²) in [6.07, 6.45) is 0.721. The number of ether oxygens (including phenoxy) is 1. The van der Waals surface area contributed by atoms with Gasteiger partial charge in [0.05, 0.1) is 5.69 Å². The minimum absolute atomic E-state index is 0.0238. The number of carbonyl (C=O) groups is 2. The largest absolute Gasteiger partial charge is 0.484 e. The fourth-order valence-corrected chi connectivity index (χ4v) is 2.77. The topological polar surface area (TPSA) is 87.3 Å². The van der Waals surface area contributed by atoms with Crippen molar-refractivity contribution in [1.82, 2.24) is 20.4 Å². The predicted octanol–water partition coefficient (Wildman–Crippen LogP) is 1.48. The molecule has 0 saturated carbocycles. The number of H-pyrrole nitrogens is 1. The molecule has 1 fully saturated rings. The van der Waals surface area contributed by atoms with E-state index in [0.29, 0.717) is 18.8 Å². The van der Waals surface area contributed by atoms with Gasteiger partial charge in [-0.2, -0.15) is 5.10 Å². The number of nitrogens with one attached hydrogen (secondary N) is 2. The van der Waals surface area contributed by atoms with Gasteiger partial charge in [-0.15, -0.1) is 0 Å². The molecule has 2 N–H and O–H groups in total. The molecule has 0 spiro atoms. The van der Waals surface area contributed by atoms with Crippen LogP contribution < -0.4 is 10.1 Å². The number of benzene rings is 1. The molecule has 1 aromatic carbocycles. The maximum Gasteiger partial charge on any atom is 0.274 e. The highest BCUT2D eigenvalue weighted by Crippen LogP contribution is 2.17. The molecular formula is C17H19FN4O3. The van der Waals surface area contributed by atoms with E-state index in [1.54, 1.807) is 23.1 Å². The number of likely N-dealkylation sites (tertiary alicyclic amines) is 1.